The van der Waals surface area contributed by atoms with E-state index in [1.54, 1.807) is 11.3 Å². The van der Waals surface area contributed by atoms with Gasteiger partial charge in [0.05, 0.1) is 0 Å². The van der Waals surface area contributed by atoms with E-state index in [2.05, 4.69) is 38.1 Å². The summed E-state index contributed by atoms with van der Waals surface area (Å²) < 4.78 is 0. The third-order valence-electron chi connectivity index (χ3n) is 3.04. The van der Waals surface area contributed by atoms with E-state index in [0.717, 1.165) is 10.6 Å². The zero-order valence-electron chi connectivity index (χ0n) is 11.2. The molecule has 0 saturated carbocycles. The van der Waals surface area contributed by atoms with Crippen LogP contribution in [0, 0.1) is 5.92 Å². The van der Waals surface area contributed by atoms with Crippen LogP contribution in [0.25, 0.3) is 16.5 Å². The van der Waals surface area contributed by atoms with Gasteiger partial charge in [-0.05, 0) is 41.8 Å². The second kappa shape index (κ2) is 6.38. The van der Waals surface area contributed by atoms with Crippen LogP contribution in [0.3, 0.4) is 0 Å². The summed E-state index contributed by atoms with van der Waals surface area (Å²) >= 11 is 7.79. The Morgan fingerprint density at radius 3 is 2.74 bits per heavy atom. The molecule has 0 bridgehead atoms. The first-order chi connectivity index (χ1) is 9.10. The fraction of sp³-hybridized carbons (Fsp3) is 0.250. The van der Waals surface area contributed by atoms with Crippen LogP contribution in [0.4, 0.5) is 0 Å². The van der Waals surface area contributed by atoms with Gasteiger partial charge in [0.2, 0.25) is 0 Å². The third-order valence-corrected chi connectivity index (χ3v) is 4.36. The molecule has 0 saturated heterocycles. The summed E-state index contributed by atoms with van der Waals surface area (Å²) in [6, 6.07) is 12.2. The van der Waals surface area contributed by atoms with Crippen molar-refractivity contribution in [3.05, 3.63) is 51.9 Å². The molecule has 2 rings (SSSR count). The van der Waals surface area contributed by atoms with Crippen LogP contribution < -0.4 is 5.73 Å². The second-order valence-electron chi connectivity index (χ2n) is 4.79. The number of nitrogens with two attached hydrogens (primary N) is 1. The Kier molecular flexibility index (Phi) is 4.81. The number of hydrogen-bond donors (Lipinski definition) is 1. The fourth-order valence-electron chi connectivity index (χ4n) is 1.87. The summed E-state index contributed by atoms with van der Waals surface area (Å²) in [6.45, 7) is 4.95. The average molecular weight is 292 g/mol. The molecule has 1 aromatic heterocycles. The molecular formula is C16H18ClNS. The number of hydrogen-bond acceptors (Lipinski definition) is 2. The lowest BCUT2D eigenvalue weighted by atomic mass is 10.0. The molecule has 0 spiro atoms. The van der Waals surface area contributed by atoms with Gasteiger partial charge in [-0.2, -0.15) is 0 Å². The molecule has 0 aliphatic carbocycles. The maximum atomic E-state index is 6.03. The molecule has 1 heterocycles. The smallest absolute Gasteiger partial charge is 0.0412 e. The first-order valence-corrected chi connectivity index (χ1v) is 7.56. The van der Waals surface area contributed by atoms with E-state index in [0.29, 0.717) is 12.5 Å². The molecule has 0 unspecified atom stereocenters. The first-order valence-electron chi connectivity index (χ1n) is 6.36. The number of benzene rings is 1. The van der Waals surface area contributed by atoms with Gasteiger partial charge in [0, 0.05) is 21.3 Å². The maximum Gasteiger partial charge on any atom is 0.0412 e. The monoisotopic (exact) mass is 291 g/mol. The molecule has 19 heavy (non-hydrogen) atoms. The van der Waals surface area contributed by atoms with Crippen LogP contribution >= 0.6 is 22.9 Å². The minimum Gasteiger partial charge on any atom is -0.327 e. The zero-order valence-corrected chi connectivity index (χ0v) is 12.8. The minimum absolute atomic E-state index is 0.488. The molecule has 100 valence electrons. The molecular weight excluding hydrogens is 274 g/mol. The van der Waals surface area contributed by atoms with Gasteiger partial charge in [0.25, 0.3) is 0 Å². The lowest BCUT2D eigenvalue weighted by Gasteiger charge is -2.07. The first kappa shape index (κ1) is 14.3. The van der Waals surface area contributed by atoms with Gasteiger partial charge in [-0.1, -0.05) is 43.2 Å². The summed E-state index contributed by atoms with van der Waals surface area (Å²) in [5.74, 6) is 0.488. The van der Waals surface area contributed by atoms with Crippen LogP contribution in [-0.4, -0.2) is 6.54 Å². The molecule has 3 heteroatoms. The predicted octanol–water partition coefficient (Wildman–Crippen LogP) is 5.07. The van der Waals surface area contributed by atoms with Crippen molar-refractivity contribution in [2.45, 2.75) is 13.8 Å². The van der Waals surface area contributed by atoms with Crippen molar-refractivity contribution in [3.63, 3.8) is 0 Å². The van der Waals surface area contributed by atoms with Crippen molar-refractivity contribution in [3.8, 4) is 10.4 Å². The summed E-state index contributed by atoms with van der Waals surface area (Å²) in [4.78, 5) is 2.47. The molecule has 0 aliphatic rings. The van der Waals surface area contributed by atoms with Crippen molar-refractivity contribution in [1.29, 1.82) is 0 Å². The Morgan fingerprint density at radius 1 is 1.32 bits per heavy atom. The SMILES string of the molecule is CC(C)C(=Cc1ccc(-c2cccc(Cl)c2)s1)CN. The molecule has 1 nitrogen and oxygen atoms in total. The highest BCUT2D eigenvalue weighted by molar-refractivity contribution is 7.16. The average Bonchev–Trinajstić information content (AvgIpc) is 2.84. The molecule has 2 N–H and O–H groups in total. The Bertz CT molecular complexity index is 584. The van der Waals surface area contributed by atoms with Gasteiger partial charge in [0.1, 0.15) is 0 Å². The van der Waals surface area contributed by atoms with Crippen molar-refractivity contribution >= 4 is 29.0 Å². The largest absolute Gasteiger partial charge is 0.327 e. The summed E-state index contributed by atoms with van der Waals surface area (Å²) in [7, 11) is 0. The molecule has 0 atom stereocenters. The molecule has 0 radical (unpaired) electrons. The number of rotatable bonds is 4. The lowest BCUT2D eigenvalue weighted by molar-refractivity contribution is 0.753. The van der Waals surface area contributed by atoms with E-state index in [9.17, 15) is 0 Å². The van der Waals surface area contributed by atoms with E-state index in [1.807, 2.05) is 18.2 Å². The van der Waals surface area contributed by atoms with Crippen molar-refractivity contribution in [1.82, 2.24) is 0 Å². The molecule has 0 fully saturated rings. The van der Waals surface area contributed by atoms with Gasteiger partial charge in [-0.25, -0.2) is 0 Å². The fourth-order valence-corrected chi connectivity index (χ4v) is 3.04. The Labute approximate surface area is 123 Å². The second-order valence-corrected chi connectivity index (χ2v) is 6.34. The quantitative estimate of drug-likeness (QED) is 0.836. The highest BCUT2D eigenvalue weighted by atomic mass is 35.5. The van der Waals surface area contributed by atoms with Gasteiger partial charge in [-0.3, -0.25) is 0 Å². The van der Waals surface area contributed by atoms with Crippen molar-refractivity contribution in [2.24, 2.45) is 11.7 Å². The zero-order chi connectivity index (χ0) is 13.8. The summed E-state index contributed by atoms with van der Waals surface area (Å²) in [5.41, 5.74) is 8.22. The van der Waals surface area contributed by atoms with E-state index >= 15 is 0 Å². The van der Waals surface area contributed by atoms with Gasteiger partial charge >= 0.3 is 0 Å². The molecule has 0 aliphatic heterocycles. The molecule has 2 aromatic rings. The van der Waals surface area contributed by atoms with Crippen molar-refractivity contribution < 1.29 is 0 Å². The lowest BCUT2D eigenvalue weighted by Crippen LogP contribution is -2.07. The van der Waals surface area contributed by atoms with Crippen LogP contribution in [0.15, 0.2) is 42.0 Å². The molecule has 1 aromatic carbocycles. The van der Waals surface area contributed by atoms with E-state index < -0.39 is 0 Å². The summed E-state index contributed by atoms with van der Waals surface area (Å²) in [5, 5.41) is 0.771. The number of thiophene rings is 1. The maximum absolute atomic E-state index is 6.03. The van der Waals surface area contributed by atoms with Crippen molar-refractivity contribution in [2.75, 3.05) is 6.54 Å². The van der Waals surface area contributed by atoms with Crippen LogP contribution in [0.1, 0.15) is 18.7 Å². The van der Waals surface area contributed by atoms with Gasteiger partial charge in [-0.15, -0.1) is 11.3 Å². The Morgan fingerprint density at radius 2 is 2.11 bits per heavy atom. The van der Waals surface area contributed by atoms with E-state index in [-0.39, 0.29) is 0 Å². The predicted molar refractivity (Wildman–Crippen MR) is 86.6 cm³/mol. The van der Waals surface area contributed by atoms with Crippen LogP contribution in [0.2, 0.25) is 5.02 Å². The van der Waals surface area contributed by atoms with Crippen LogP contribution in [-0.2, 0) is 0 Å². The van der Waals surface area contributed by atoms with E-state index in [4.69, 9.17) is 17.3 Å². The van der Waals surface area contributed by atoms with Crippen LogP contribution in [0.5, 0.6) is 0 Å². The standard InChI is InChI=1S/C16H18ClNS/c1-11(2)13(10-18)9-15-6-7-16(19-15)12-4-3-5-14(17)8-12/h3-9,11H,10,18H2,1-2H3. The van der Waals surface area contributed by atoms with Gasteiger partial charge < -0.3 is 5.73 Å². The topological polar surface area (TPSA) is 26.0 Å². The highest BCUT2D eigenvalue weighted by Crippen LogP contribution is 2.31. The minimum atomic E-state index is 0.488. The highest BCUT2D eigenvalue weighted by Gasteiger charge is 2.05. The van der Waals surface area contributed by atoms with Gasteiger partial charge in [0.15, 0.2) is 0 Å². The third kappa shape index (κ3) is 3.69. The molecule has 0 amide bonds. The number of halogens is 1. The summed E-state index contributed by atoms with van der Waals surface area (Å²) in [6.07, 6.45) is 2.20. The normalized spacial score (nSPS) is 12.2. The Balaban J connectivity index is 2.29. The van der Waals surface area contributed by atoms with E-state index in [1.165, 1.54) is 15.3 Å². The Hall–Kier alpha value is -1.09.